The third-order valence-corrected chi connectivity index (χ3v) is 2.30. The summed E-state index contributed by atoms with van der Waals surface area (Å²) in [6.45, 7) is 0.328. The summed E-state index contributed by atoms with van der Waals surface area (Å²) in [5.41, 5.74) is 5.30. The van der Waals surface area contributed by atoms with Crippen molar-refractivity contribution in [1.82, 2.24) is 0 Å². The Bertz CT molecular complexity index is 323. The lowest BCUT2D eigenvalue weighted by Crippen LogP contribution is -2.16. The molecule has 0 radical (unpaired) electrons. The summed E-state index contributed by atoms with van der Waals surface area (Å²) in [7, 11) is 0. The average Bonchev–Trinajstić information content (AvgIpc) is 2.09. The van der Waals surface area contributed by atoms with Crippen LogP contribution in [0.3, 0.4) is 0 Å². The zero-order valence-electron chi connectivity index (χ0n) is 7.39. The number of carbonyl (C=O) groups is 1. The van der Waals surface area contributed by atoms with Gasteiger partial charge in [-0.2, -0.15) is 0 Å². The van der Waals surface area contributed by atoms with E-state index in [0.29, 0.717) is 16.7 Å². The van der Waals surface area contributed by atoms with Crippen molar-refractivity contribution in [1.29, 1.82) is 0 Å². The molecule has 5 heteroatoms. The Kier molecular flexibility index (Phi) is 3.88. The molecular formula is C9H10BrFN2O. The number of primary amides is 1. The number of hydrogen-bond acceptors (Lipinski definition) is 2. The molecule has 0 aromatic heterocycles. The number of benzene rings is 1. The van der Waals surface area contributed by atoms with E-state index in [2.05, 4.69) is 21.2 Å². The molecule has 1 amide bonds. The van der Waals surface area contributed by atoms with Crippen LogP contribution in [0.4, 0.5) is 10.1 Å². The number of nitrogens with one attached hydrogen (secondary N) is 1. The van der Waals surface area contributed by atoms with Crippen LogP contribution in [0.2, 0.25) is 0 Å². The summed E-state index contributed by atoms with van der Waals surface area (Å²) in [5.74, 6) is -0.770. The highest BCUT2D eigenvalue weighted by atomic mass is 79.9. The molecule has 1 rings (SSSR count). The predicted octanol–water partition coefficient (Wildman–Crippen LogP) is 1.88. The van der Waals surface area contributed by atoms with E-state index < -0.39 is 5.91 Å². The van der Waals surface area contributed by atoms with Gasteiger partial charge in [0.1, 0.15) is 5.82 Å². The van der Waals surface area contributed by atoms with Crippen LogP contribution >= 0.6 is 15.9 Å². The molecule has 14 heavy (non-hydrogen) atoms. The van der Waals surface area contributed by atoms with E-state index in [1.807, 2.05) is 0 Å². The molecule has 0 aliphatic carbocycles. The van der Waals surface area contributed by atoms with E-state index in [1.54, 1.807) is 12.1 Å². The van der Waals surface area contributed by atoms with Gasteiger partial charge in [0.05, 0.1) is 5.69 Å². The second-order valence-electron chi connectivity index (χ2n) is 2.74. The van der Waals surface area contributed by atoms with Crippen LogP contribution in [0.5, 0.6) is 0 Å². The highest BCUT2D eigenvalue weighted by Crippen LogP contribution is 2.24. The molecule has 76 valence electrons. The summed E-state index contributed by atoms with van der Waals surface area (Å²) in [6, 6.07) is 4.66. The van der Waals surface area contributed by atoms with Gasteiger partial charge in [0.15, 0.2) is 0 Å². The molecule has 0 aliphatic heterocycles. The molecule has 0 aliphatic rings. The van der Waals surface area contributed by atoms with E-state index in [0.717, 1.165) is 0 Å². The molecule has 1 aromatic rings. The first-order chi connectivity index (χ1) is 6.61. The maximum Gasteiger partial charge on any atom is 0.219 e. The van der Waals surface area contributed by atoms with Crippen LogP contribution < -0.4 is 11.1 Å². The molecule has 0 fully saturated rings. The van der Waals surface area contributed by atoms with Crippen molar-refractivity contribution in [2.45, 2.75) is 6.42 Å². The van der Waals surface area contributed by atoms with Gasteiger partial charge in [-0.25, -0.2) is 4.39 Å². The smallest absolute Gasteiger partial charge is 0.219 e. The number of rotatable bonds is 4. The van der Waals surface area contributed by atoms with E-state index in [4.69, 9.17) is 5.73 Å². The molecule has 0 spiro atoms. The van der Waals surface area contributed by atoms with Crippen molar-refractivity contribution < 1.29 is 9.18 Å². The Morgan fingerprint density at radius 1 is 1.57 bits per heavy atom. The summed E-state index contributed by atoms with van der Waals surface area (Å²) in [4.78, 5) is 10.4. The molecule has 0 heterocycles. The number of carbonyl (C=O) groups excluding carboxylic acids is 1. The Morgan fingerprint density at radius 3 is 2.86 bits per heavy atom. The van der Waals surface area contributed by atoms with Crippen LogP contribution in [0.15, 0.2) is 22.7 Å². The monoisotopic (exact) mass is 260 g/mol. The minimum Gasteiger partial charge on any atom is -0.381 e. The predicted molar refractivity (Wildman–Crippen MR) is 56.4 cm³/mol. The van der Waals surface area contributed by atoms with Gasteiger partial charge in [-0.05, 0) is 28.1 Å². The van der Waals surface area contributed by atoms with Crippen molar-refractivity contribution in [3.63, 3.8) is 0 Å². The van der Waals surface area contributed by atoms with Crippen LogP contribution in [0.1, 0.15) is 6.42 Å². The second-order valence-corrected chi connectivity index (χ2v) is 3.59. The van der Waals surface area contributed by atoms with Gasteiger partial charge < -0.3 is 11.1 Å². The van der Waals surface area contributed by atoms with Gasteiger partial charge in [0, 0.05) is 17.4 Å². The average molecular weight is 261 g/mol. The number of halogens is 2. The van der Waals surface area contributed by atoms with Crippen molar-refractivity contribution in [3.05, 3.63) is 28.5 Å². The summed E-state index contributed by atoms with van der Waals surface area (Å²) < 4.78 is 13.8. The number of para-hydroxylation sites is 1. The standard InChI is InChI=1S/C9H10BrFN2O/c10-6-2-1-3-7(11)9(6)13-5-4-8(12)14/h1-3,13H,4-5H2,(H2,12,14). The van der Waals surface area contributed by atoms with Crippen LogP contribution in [0.25, 0.3) is 0 Å². The van der Waals surface area contributed by atoms with Crippen molar-refractivity contribution in [2.24, 2.45) is 5.73 Å². The minimum absolute atomic E-state index is 0.181. The van der Waals surface area contributed by atoms with Gasteiger partial charge in [-0.1, -0.05) is 6.07 Å². The molecular weight excluding hydrogens is 251 g/mol. The minimum atomic E-state index is -0.412. The van der Waals surface area contributed by atoms with E-state index in [-0.39, 0.29) is 12.2 Å². The molecule has 3 N–H and O–H groups in total. The van der Waals surface area contributed by atoms with Crippen molar-refractivity contribution in [3.8, 4) is 0 Å². The fourth-order valence-corrected chi connectivity index (χ4v) is 1.46. The van der Waals surface area contributed by atoms with Crippen LogP contribution in [-0.2, 0) is 4.79 Å². The zero-order valence-corrected chi connectivity index (χ0v) is 8.97. The van der Waals surface area contributed by atoms with Crippen molar-refractivity contribution >= 4 is 27.5 Å². The molecule has 1 aromatic carbocycles. The third kappa shape index (κ3) is 2.99. The molecule has 0 saturated heterocycles. The summed E-state index contributed by atoms with van der Waals surface area (Å²) in [6.07, 6.45) is 0.181. The first-order valence-electron chi connectivity index (χ1n) is 4.07. The van der Waals surface area contributed by atoms with E-state index in [1.165, 1.54) is 6.07 Å². The highest BCUT2D eigenvalue weighted by molar-refractivity contribution is 9.10. The Morgan fingerprint density at radius 2 is 2.29 bits per heavy atom. The molecule has 0 atom stereocenters. The largest absolute Gasteiger partial charge is 0.381 e. The number of hydrogen-bond donors (Lipinski definition) is 2. The molecule has 0 bridgehead atoms. The Labute approximate surface area is 89.6 Å². The third-order valence-electron chi connectivity index (χ3n) is 1.64. The Balaban J connectivity index is 2.62. The Hall–Kier alpha value is -1.10. The second kappa shape index (κ2) is 4.95. The maximum atomic E-state index is 13.2. The van der Waals surface area contributed by atoms with Crippen LogP contribution in [0, 0.1) is 5.82 Å². The molecule has 0 unspecified atom stereocenters. The number of nitrogens with two attached hydrogens (primary N) is 1. The van der Waals surface area contributed by atoms with Gasteiger partial charge in [0.25, 0.3) is 0 Å². The zero-order chi connectivity index (χ0) is 10.6. The molecule has 3 nitrogen and oxygen atoms in total. The van der Waals surface area contributed by atoms with E-state index >= 15 is 0 Å². The first kappa shape index (κ1) is 11.0. The fraction of sp³-hybridized carbons (Fsp3) is 0.222. The number of anilines is 1. The lowest BCUT2D eigenvalue weighted by atomic mass is 10.3. The SMILES string of the molecule is NC(=O)CCNc1c(F)cccc1Br. The van der Waals surface area contributed by atoms with Gasteiger partial charge in [-0.15, -0.1) is 0 Å². The summed E-state index contributed by atoms with van der Waals surface area (Å²) >= 11 is 3.20. The number of amides is 1. The van der Waals surface area contributed by atoms with Crippen molar-refractivity contribution in [2.75, 3.05) is 11.9 Å². The van der Waals surface area contributed by atoms with Crippen LogP contribution in [-0.4, -0.2) is 12.5 Å². The van der Waals surface area contributed by atoms with E-state index in [9.17, 15) is 9.18 Å². The van der Waals surface area contributed by atoms with Gasteiger partial charge in [0.2, 0.25) is 5.91 Å². The topological polar surface area (TPSA) is 55.1 Å². The highest BCUT2D eigenvalue weighted by Gasteiger charge is 2.05. The lowest BCUT2D eigenvalue weighted by molar-refractivity contribution is -0.117. The first-order valence-corrected chi connectivity index (χ1v) is 4.86. The van der Waals surface area contributed by atoms with Gasteiger partial charge >= 0.3 is 0 Å². The quantitative estimate of drug-likeness (QED) is 0.869. The normalized spacial score (nSPS) is 9.86. The molecule has 0 saturated carbocycles. The maximum absolute atomic E-state index is 13.2. The fourth-order valence-electron chi connectivity index (χ4n) is 0.977. The lowest BCUT2D eigenvalue weighted by Gasteiger charge is -2.07. The summed E-state index contributed by atoms with van der Waals surface area (Å²) in [5, 5.41) is 2.79. The van der Waals surface area contributed by atoms with Gasteiger partial charge in [-0.3, -0.25) is 4.79 Å².